The number of hydrogen-bond donors (Lipinski definition) is 0. The van der Waals surface area contributed by atoms with Gasteiger partial charge in [0.1, 0.15) is 18.3 Å². The van der Waals surface area contributed by atoms with Gasteiger partial charge in [-0.2, -0.15) is 0 Å². The summed E-state index contributed by atoms with van der Waals surface area (Å²) in [7, 11) is 4.78. The quantitative estimate of drug-likeness (QED) is 0.0380. The fourth-order valence-corrected chi connectivity index (χ4v) is 13.8. The first kappa shape index (κ1) is 60.4. The molecular weight excluding hydrogens is 1040 g/mol. The van der Waals surface area contributed by atoms with Gasteiger partial charge in [-0.05, 0) is 100 Å². The Morgan fingerprint density at radius 3 is 2.06 bits per heavy atom. The van der Waals surface area contributed by atoms with Crippen LogP contribution in [0, 0.1) is 23.7 Å². The molecule has 3 fully saturated rings. The first-order valence-electron chi connectivity index (χ1n) is 25.1. The number of nitrogens with zero attached hydrogens (tertiary/aromatic N) is 1. The van der Waals surface area contributed by atoms with Crippen molar-refractivity contribution in [3.8, 4) is 0 Å². The molecule has 4 heterocycles. The number of halogens is 1. The zero-order valence-corrected chi connectivity index (χ0v) is 47.3. The van der Waals surface area contributed by atoms with Crippen LogP contribution in [0.1, 0.15) is 88.5 Å². The molecule has 17 nitrogen and oxygen atoms in total. The number of cyclic esters (lactones) is 1. The molecule has 0 aromatic carbocycles. The third-order valence-corrected chi connectivity index (χ3v) is 20.3. The number of rotatable bonds is 16. The van der Waals surface area contributed by atoms with Crippen LogP contribution in [0.25, 0.3) is 0 Å². The van der Waals surface area contributed by atoms with Crippen LogP contribution < -0.4 is 0 Å². The largest absolute Gasteiger partial charge is 0.458 e. The number of ether oxygens (including phenoxy) is 11. The Balaban J connectivity index is 1.72. The predicted octanol–water partition coefficient (Wildman–Crippen LogP) is 7.13. The van der Waals surface area contributed by atoms with E-state index in [9.17, 15) is 19.2 Å². The first-order valence-corrected chi connectivity index (χ1v) is 28.9. The molecule has 0 aromatic rings. The minimum absolute atomic E-state index is 0.0621. The van der Waals surface area contributed by atoms with Crippen molar-refractivity contribution < 1.29 is 75.7 Å². The molecule has 3 saturated heterocycles. The van der Waals surface area contributed by atoms with E-state index in [0.717, 1.165) is 23.7 Å². The number of esters is 3. The Morgan fingerprint density at radius 1 is 0.857 bits per heavy atom. The maximum atomic E-state index is 14.4. The highest BCUT2D eigenvalue weighted by atomic mass is 127. The number of carbonyl (C=O) groups excluding carboxylic acids is 4. The van der Waals surface area contributed by atoms with Crippen molar-refractivity contribution >= 4 is 54.6 Å². The minimum Gasteiger partial charge on any atom is -0.458 e. The van der Waals surface area contributed by atoms with E-state index in [0.29, 0.717) is 19.4 Å². The van der Waals surface area contributed by atoms with Gasteiger partial charge in [-0.15, -0.1) is 6.58 Å². The summed E-state index contributed by atoms with van der Waals surface area (Å²) in [5.74, 6) is -3.59. The van der Waals surface area contributed by atoms with Gasteiger partial charge >= 0.3 is 17.9 Å². The van der Waals surface area contributed by atoms with Crippen LogP contribution >= 0.6 is 22.6 Å². The van der Waals surface area contributed by atoms with Crippen molar-refractivity contribution in [1.29, 1.82) is 0 Å². The molecule has 0 amide bonds. The molecule has 70 heavy (non-hydrogen) atoms. The molecule has 0 aromatic heterocycles. The zero-order chi connectivity index (χ0) is 52.0. The van der Waals surface area contributed by atoms with Gasteiger partial charge in [0.2, 0.25) is 0 Å². The summed E-state index contributed by atoms with van der Waals surface area (Å²) in [6.45, 7) is 23.2. The molecule has 18 atom stereocenters. The van der Waals surface area contributed by atoms with Crippen molar-refractivity contribution in [2.24, 2.45) is 23.7 Å². The van der Waals surface area contributed by atoms with Crippen LogP contribution in [0.5, 0.6) is 0 Å². The van der Waals surface area contributed by atoms with E-state index in [2.05, 4.69) is 49.9 Å². The number of allylic oxidation sites excluding steroid dienone is 3. The number of hydrogen-bond acceptors (Lipinski definition) is 17. The summed E-state index contributed by atoms with van der Waals surface area (Å²) in [6, 6.07) is 2.24. The second-order valence-electron chi connectivity index (χ2n) is 19.6. The lowest BCUT2D eigenvalue weighted by atomic mass is 9.79. The Morgan fingerprint density at radius 2 is 1.47 bits per heavy atom. The number of methoxy groups -OCH3 is 2. The van der Waals surface area contributed by atoms with Crippen LogP contribution in [-0.4, -0.2) is 169 Å². The molecule has 0 radical (unpaired) electrons. The van der Waals surface area contributed by atoms with E-state index in [4.69, 9.17) is 56.5 Å². The average molecular weight is 1120 g/mol. The third-order valence-electron chi connectivity index (χ3n) is 14.5. The highest BCUT2D eigenvalue weighted by Crippen LogP contribution is 2.39. The summed E-state index contributed by atoms with van der Waals surface area (Å²) in [5.41, 5.74) is 0.759. The van der Waals surface area contributed by atoms with E-state index < -0.39 is 116 Å². The van der Waals surface area contributed by atoms with E-state index in [1.807, 2.05) is 38.7 Å². The van der Waals surface area contributed by atoms with Gasteiger partial charge in [0, 0.05) is 52.4 Å². The number of fused-ring (bicyclic) bond motifs is 3. The van der Waals surface area contributed by atoms with Crippen LogP contribution in [0.3, 0.4) is 0 Å². The van der Waals surface area contributed by atoms with Crippen molar-refractivity contribution in [1.82, 2.24) is 4.90 Å². The van der Waals surface area contributed by atoms with Crippen molar-refractivity contribution in [2.75, 3.05) is 48.1 Å². The summed E-state index contributed by atoms with van der Waals surface area (Å²) in [6.07, 6.45) is -0.946. The summed E-state index contributed by atoms with van der Waals surface area (Å²) >= 11 is 2.11. The van der Waals surface area contributed by atoms with E-state index in [1.54, 1.807) is 53.5 Å². The fourth-order valence-electron chi connectivity index (χ4n) is 10.2. The molecule has 2 bridgehead atoms. The lowest BCUT2D eigenvalue weighted by molar-refractivity contribution is -0.309. The van der Waals surface area contributed by atoms with E-state index in [-0.39, 0.29) is 43.5 Å². The van der Waals surface area contributed by atoms with Crippen LogP contribution in [0.15, 0.2) is 36.5 Å². The lowest BCUT2D eigenvalue weighted by Crippen LogP contribution is -2.65. The van der Waals surface area contributed by atoms with E-state index >= 15 is 0 Å². The number of alkyl halides is 1. The Kier molecular flexibility index (Phi) is 24.6. The molecule has 4 aliphatic heterocycles. The maximum absolute atomic E-state index is 14.4. The Bertz CT molecular complexity index is 1760. The van der Waals surface area contributed by atoms with Gasteiger partial charge in [0.05, 0.1) is 62.3 Å². The molecule has 0 saturated carbocycles. The molecule has 8 unspecified atom stereocenters. The molecule has 0 aliphatic carbocycles. The molecule has 0 spiro atoms. The van der Waals surface area contributed by atoms with Gasteiger partial charge in [0.15, 0.2) is 36.9 Å². The molecule has 400 valence electrons. The van der Waals surface area contributed by atoms with E-state index in [1.165, 1.54) is 13.8 Å². The minimum atomic E-state index is -2.06. The standard InChI is InChI=1S/C51H84INO16Si/c1-16-38-28-60-23-22-36-25-30(6)39(56)21-20-29(5)24-37(27-61-50-48(59-15)47(58-14)45(33(9)62-50)69-70(17-2,18-3)19-4)49(52)67-41(57)26-40(66-38)31(7)43(36)68-51-46(65-35(11)55)42(53(12)13)44(32(8)63-51)64-34(10)54/h16,20-21,24,30-33,36-38,40,42-51H,1,17-19,22-23,25-28H2,2-15H3/b21-20+,29-24+/t30-,31+,32?,33?,36+,37-,38?,40-,42?,43-,44-,45?,46?,47?,48?,49+,50-,51+/m1/s1. The van der Waals surface area contributed by atoms with Crippen molar-refractivity contribution in [3.05, 3.63) is 36.5 Å². The highest BCUT2D eigenvalue weighted by Gasteiger charge is 2.53. The maximum Gasteiger partial charge on any atom is 0.309 e. The number of ketones is 1. The SMILES string of the molecule is C=CC1COCC[C@H]2C[C@@H](C)C(=O)/C=C/C(C)=C/[C@H](CO[C@@H]3OC(C)C(O[Si](CC)(CC)CC)C(OC)C3OC)[C@@H](I)OC(=O)C[C@@H](O1)[C@H](C)[C@H]2O[C@@H]1OC(C)[C@@H](OC(C)=O)C(N(C)C)C1OC(C)=O. The normalized spacial score (nSPS) is 38.8. The second kappa shape index (κ2) is 28.5. The molecule has 4 aliphatic rings. The topological polar surface area (TPSA) is 182 Å². The van der Waals surface area contributed by atoms with Crippen LogP contribution in [0.2, 0.25) is 18.1 Å². The number of likely N-dealkylation sites (N-methyl/N-ethyl adjacent to an activating group) is 1. The van der Waals surface area contributed by atoms with Gasteiger partial charge in [0.25, 0.3) is 0 Å². The smallest absolute Gasteiger partial charge is 0.309 e. The third kappa shape index (κ3) is 16.2. The lowest BCUT2D eigenvalue weighted by Gasteiger charge is -2.49. The highest BCUT2D eigenvalue weighted by molar-refractivity contribution is 14.1. The second-order valence-corrected chi connectivity index (χ2v) is 25.6. The molecule has 19 heteroatoms. The van der Waals surface area contributed by atoms with Crippen molar-refractivity contribution in [2.45, 2.75) is 190 Å². The monoisotopic (exact) mass is 1120 g/mol. The molecule has 0 N–H and O–H groups in total. The summed E-state index contributed by atoms with van der Waals surface area (Å²) < 4.78 is 75.8. The average Bonchev–Trinajstić information content (AvgIpc) is 3.31. The molecule has 4 rings (SSSR count). The summed E-state index contributed by atoms with van der Waals surface area (Å²) in [4.78, 5) is 55.4. The van der Waals surface area contributed by atoms with Gasteiger partial charge in [-0.3, -0.25) is 24.1 Å². The fraction of sp³-hybridized carbons (Fsp3) is 0.804. The van der Waals surface area contributed by atoms with Gasteiger partial charge in [-0.25, -0.2) is 0 Å². The van der Waals surface area contributed by atoms with Crippen molar-refractivity contribution in [3.63, 3.8) is 0 Å². The predicted molar refractivity (Wildman–Crippen MR) is 272 cm³/mol. The summed E-state index contributed by atoms with van der Waals surface area (Å²) in [5, 5.41) is 0. The van der Waals surface area contributed by atoms with Crippen LogP contribution in [-0.2, 0) is 75.7 Å². The number of carbonyl (C=O) groups is 4. The Labute approximate surface area is 431 Å². The Hall–Kier alpha value is -2.15. The van der Waals surface area contributed by atoms with Gasteiger partial charge in [-0.1, -0.05) is 58.4 Å². The van der Waals surface area contributed by atoms with Crippen LogP contribution in [0.4, 0.5) is 0 Å². The zero-order valence-electron chi connectivity index (χ0n) is 44.1. The first-order chi connectivity index (χ1) is 33.2. The van der Waals surface area contributed by atoms with Gasteiger partial charge < -0.3 is 56.5 Å². The molecular formula is C51H84INO16Si.